The molecule has 3 nitrogen and oxygen atoms in total. The lowest BCUT2D eigenvalue weighted by molar-refractivity contribution is 0.465. The SMILES string of the molecule is Cc1ccc(NCc2cccc(C)c2O)cc1N(C)C. The predicted molar refractivity (Wildman–Crippen MR) is 85.7 cm³/mol. The highest BCUT2D eigenvalue weighted by atomic mass is 16.3. The number of rotatable bonds is 4. The van der Waals surface area contributed by atoms with Crippen LogP contribution < -0.4 is 10.2 Å². The number of hydrogen-bond donors (Lipinski definition) is 2. The number of aryl methyl sites for hydroxylation is 2. The lowest BCUT2D eigenvalue weighted by Crippen LogP contribution is -2.11. The van der Waals surface area contributed by atoms with Crippen LogP contribution in [0.25, 0.3) is 0 Å². The van der Waals surface area contributed by atoms with Crippen molar-refractivity contribution < 1.29 is 5.11 Å². The van der Waals surface area contributed by atoms with Crippen LogP contribution in [-0.2, 0) is 6.54 Å². The van der Waals surface area contributed by atoms with Gasteiger partial charge in [-0.15, -0.1) is 0 Å². The molecule has 0 heterocycles. The molecule has 2 rings (SSSR count). The predicted octanol–water partition coefficient (Wildman–Crippen LogP) is 3.69. The number of benzene rings is 2. The smallest absolute Gasteiger partial charge is 0.123 e. The molecule has 0 spiro atoms. The quantitative estimate of drug-likeness (QED) is 0.889. The molecule has 20 heavy (non-hydrogen) atoms. The first-order valence-electron chi connectivity index (χ1n) is 6.78. The third kappa shape index (κ3) is 3.05. The summed E-state index contributed by atoms with van der Waals surface area (Å²) in [5, 5.41) is 13.4. The van der Waals surface area contributed by atoms with E-state index in [4.69, 9.17) is 0 Å². The van der Waals surface area contributed by atoms with E-state index in [1.165, 1.54) is 11.3 Å². The van der Waals surface area contributed by atoms with Crippen molar-refractivity contribution in [3.63, 3.8) is 0 Å². The van der Waals surface area contributed by atoms with E-state index in [0.717, 1.165) is 16.8 Å². The molecule has 0 saturated heterocycles. The summed E-state index contributed by atoms with van der Waals surface area (Å²) in [5.74, 6) is 0.375. The molecular formula is C17H22N2O. The number of anilines is 2. The maximum atomic E-state index is 10.0. The first-order chi connectivity index (χ1) is 9.49. The van der Waals surface area contributed by atoms with Crippen LogP contribution in [0.3, 0.4) is 0 Å². The van der Waals surface area contributed by atoms with Gasteiger partial charge < -0.3 is 15.3 Å². The fourth-order valence-corrected chi connectivity index (χ4v) is 2.26. The molecule has 106 valence electrons. The molecule has 0 amide bonds. The fourth-order valence-electron chi connectivity index (χ4n) is 2.26. The number of phenols is 1. The van der Waals surface area contributed by atoms with Gasteiger partial charge in [0.15, 0.2) is 0 Å². The fraction of sp³-hybridized carbons (Fsp3) is 0.294. The molecule has 0 aliphatic carbocycles. The van der Waals surface area contributed by atoms with Crippen molar-refractivity contribution in [2.45, 2.75) is 20.4 Å². The minimum Gasteiger partial charge on any atom is -0.507 e. The topological polar surface area (TPSA) is 35.5 Å². The number of nitrogens with one attached hydrogen (secondary N) is 1. The van der Waals surface area contributed by atoms with Crippen molar-refractivity contribution in [2.75, 3.05) is 24.3 Å². The van der Waals surface area contributed by atoms with Gasteiger partial charge in [-0.2, -0.15) is 0 Å². The molecule has 2 aromatic rings. The normalized spacial score (nSPS) is 10.4. The van der Waals surface area contributed by atoms with Gasteiger partial charge >= 0.3 is 0 Å². The van der Waals surface area contributed by atoms with Crippen LogP contribution in [0.15, 0.2) is 36.4 Å². The van der Waals surface area contributed by atoms with Crippen LogP contribution in [0.4, 0.5) is 11.4 Å². The Morgan fingerprint density at radius 3 is 2.50 bits per heavy atom. The monoisotopic (exact) mass is 270 g/mol. The number of para-hydroxylation sites is 1. The summed E-state index contributed by atoms with van der Waals surface area (Å²) in [7, 11) is 4.08. The summed E-state index contributed by atoms with van der Waals surface area (Å²) in [4.78, 5) is 2.10. The van der Waals surface area contributed by atoms with E-state index in [1.54, 1.807) is 0 Å². The molecule has 0 aliphatic heterocycles. The maximum absolute atomic E-state index is 10.0. The zero-order chi connectivity index (χ0) is 14.7. The Labute approximate surface area is 120 Å². The van der Waals surface area contributed by atoms with E-state index in [9.17, 15) is 5.11 Å². The molecule has 0 unspecified atom stereocenters. The van der Waals surface area contributed by atoms with E-state index >= 15 is 0 Å². The van der Waals surface area contributed by atoms with Gasteiger partial charge in [-0.3, -0.25) is 0 Å². The maximum Gasteiger partial charge on any atom is 0.123 e. The van der Waals surface area contributed by atoms with Crippen LogP contribution in [0, 0.1) is 13.8 Å². The lowest BCUT2D eigenvalue weighted by atomic mass is 10.1. The highest BCUT2D eigenvalue weighted by Gasteiger charge is 2.05. The second-order valence-corrected chi connectivity index (χ2v) is 5.33. The summed E-state index contributed by atoms with van der Waals surface area (Å²) in [5.41, 5.74) is 5.32. The third-order valence-electron chi connectivity index (χ3n) is 3.50. The van der Waals surface area contributed by atoms with Gasteiger partial charge in [-0.05, 0) is 37.1 Å². The molecule has 0 saturated carbocycles. The number of phenolic OH excluding ortho intramolecular Hbond substituents is 1. The zero-order valence-corrected chi connectivity index (χ0v) is 12.6. The highest BCUT2D eigenvalue weighted by Crippen LogP contribution is 2.25. The molecule has 0 bridgehead atoms. The van der Waals surface area contributed by atoms with E-state index in [-0.39, 0.29) is 0 Å². The summed E-state index contributed by atoms with van der Waals surface area (Å²) in [6.45, 7) is 4.63. The third-order valence-corrected chi connectivity index (χ3v) is 3.50. The van der Waals surface area contributed by atoms with E-state index in [2.05, 4.69) is 35.3 Å². The average Bonchev–Trinajstić information content (AvgIpc) is 2.41. The summed E-state index contributed by atoms with van der Waals surface area (Å²) in [6, 6.07) is 12.1. The van der Waals surface area contributed by atoms with E-state index in [1.807, 2.05) is 39.2 Å². The van der Waals surface area contributed by atoms with Crippen molar-refractivity contribution in [2.24, 2.45) is 0 Å². The van der Waals surface area contributed by atoms with Crippen LogP contribution in [0.2, 0.25) is 0 Å². The van der Waals surface area contributed by atoms with Crippen molar-refractivity contribution in [3.8, 4) is 5.75 Å². The highest BCUT2D eigenvalue weighted by molar-refractivity contribution is 5.62. The molecule has 0 aliphatic rings. The molecule has 0 aromatic heterocycles. The summed E-state index contributed by atoms with van der Waals surface area (Å²) < 4.78 is 0. The summed E-state index contributed by atoms with van der Waals surface area (Å²) in [6.07, 6.45) is 0. The van der Waals surface area contributed by atoms with Crippen molar-refractivity contribution in [1.82, 2.24) is 0 Å². The Balaban J connectivity index is 2.15. The first kappa shape index (κ1) is 14.3. The molecule has 3 heteroatoms. The van der Waals surface area contributed by atoms with Gasteiger partial charge in [-0.25, -0.2) is 0 Å². The second kappa shape index (κ2) is 5.87. The van der Waals surface area contributed by atoms with Gasteiger partial charge in [0.2, 0.25) is 0 Å². The lowest BCUT2D eigenvalue weighted by Gasteiger charge is -2.17. The first-order valence-corrected chi connectivity index (χ1v) is 6.78. The Hall–Kier alpha value is -2.16. The Kier molecular flexibility index (Phi) is 4.18. The van der Waals surface area contributed by atoms with Gasteiger partial charge in [0.1, 0.15) is 5.75 Å². The molecule has 0 radical (unpaired) electrons. The van der Waals surface area contributed by atoms with Crippen LogP contribution in [-0.4, -0.2) is 19.2 Å². The van der Waals surface area contributed by atoms with Crippen LogP contribution in [0.5, 0.6) is 5.75 Å². The minimum atomic E-state index is 0.375. The van der Waals surface area contributed by atoms with E-state index < -0.39 is 0 Å². The van der Waals surface area contributed by atoms with Crippen molar-refractivity contribution >= 4 is 11.4 Å². The Morgan fingerprint density at radius 1 is 1.05 bits per heavy atom. The number of nitrogens with zero attached hydrogens (tertiary/aromatic N) is 1. The molecule has 2 aromatic carbocycles. The molecular weight excluding hydrogens is 248 g/mol. The second-order valence-electron chi connectivity index (χ2n) is 5.33. The number of hydrogen-bond acceptors (Lipinski definition) is 3. The largest absolute Gasteiger partial charge is 0.507 e. The molecule has 0 fully saturated rings. The van der Waals surface area contributed by atoms with Gasteiger partial charge in [-0.1, -0.05) is 24.3 Å². The van der Waals surface area contributed by atoms with Gasteiger partial charge in [0, 0.05) is 37.6 Å². The van der Waals surface area contributed by atoms with Crippen LogP contribution >= 0.6 is 0 Å². The Morgan fingerprint density at radius 2 is 1.80 bits per heavy atom. The van der Waals surface area contributed by atoms with Gasteiger partial charge in [0.05, 0.1) is 0 Å². The number of aromatic hydroxyl groups is 1. The Bertz CT molecular complexity index is 606. The van der Waals surface area contributed by atoms with Crippen molar-refractivity contribution in [3.05, 3.63) is 53.1 Å². The zero-order valence-electron chi connectivity index (χ0n) is 12.6. The molecule has 2 N–H and O–H groups in total. The van der Waals surface area contributed by atoms with Crippen molar-refractivity contribution in [1.29, 1.82) is 0 Å². The van der Waals surface area contributed by atoms with Crippen LogP contribution in [0.1, 0.15) is 16.7 Å². The average molecular weight is 270 g/mol. The standard InChI is InChI=1S/C17H22N2O/c1-12-8-9-15(10-16(12)19(3)4)18-11-14-7-5-6-13(2)17(14)20/h5-10,18,20H,11H2,1-4H3. The van der Waals surface area contributed by atoms with E-state index in [0.29, 0.717) is 12.3 Å². The molecule has 0 atom stereocenters. The minimum absolute atomic E-state index is 0.375. The van der Waals surface area contributed by atoms with Gasteiger partial charge in [0.25, 0.3) is 0 Å². The summed E-state index contributed by atoms with van der Waals surface area (Å²) >= 11 is 0.